The molecule has 0 radical (unpaired) electrons. The molecular formula is C23H30N4O3S2. The van der Waals surface area contributed by atoms with Crippen LogP contribution in [0, 0.1) is 6.92 Å². The third kappa shape index (κ3) is 5.57. The van der Waals surface area contributed by atoms with Gasteiger partial charge in [0.2, 0.25) is 0 Å². The number of nitrogens with one attached hydrogen (secondary N) is 1. The maximum absolute atomic E-state index is 13.4. The maximum atomic E-state index is 13.4. The summed E-state index contributed by atoms with van der Waals surface area (Å²) in [5, 5.41) is 3.27. The molecule has 1 amide bonds. The number of pyridine rings is 1. The molecule has 7 nitrogen and oxygen atoms in total. The molecule has 1 N–H and O–H groups in total. The van der Waals surface area contributed by atoms with Crippen molar-refractivity contribution in [3.63, 3.8) is 0 Å². The van der Waals surface area contributed by atoms with Gasteiger partial charge < -0.3 is 10.1 Å². The van der Waals surface area contributed by atoms with Crippen LogP contribution in [0.5, 0.6) is 0 Å². The number of rotatable bonds is 11. The van der Waals surface area contributed by atoms with Gasteiger partial charge in [0, 0.05) is 32.5 Å². The van der Waals surface area contributed by atoms with Crippen molar-refractivity contribution in [3.05, 3.63) is 44.7 Å². The first-order valence-electron chi connectivity index (χ1n) is 11.1. The first-order chi connectivity index (χ1) is 15.5. The number of aromatic nitrogens is 2. The summed E-state index contributed by atoms with van der Waals surface area (Å²) in [7, 11) is 0. The van der Waals surface area contributed by atoms with E-state index in [9.17, 15) is 9.59 Å². The topological polar surface area (TPSA) is 75.9 Å². The summed E-state index contributed by atoms with van der Waals surface area (Å²) in [6.45, 7) is 8.50. The van der Waals surface area contributed by atoms with E-state index >= 15 is 0 Å². The van der Waals surface area contributed by atoms with Gasteiger partial charge in [-0.2, -0.15) is 0 Å². The van der Waals surface area contributed by atoms with E-state index in [0.29, 0.717) is 52.6 Å². The van der Waals surface area contributed by atoms with Gasteiger partial charge in [0.25, 0.3) is 11.5 Å². The Balaban J connectivity index is 1.96. The highest BCUT2D eigenvalue weighted by Gasteiger charge is 2.32. The molecule has 1 aliphatic rings. The van der Waals surface area contributed by atoms with E-state index in [1.807, 2.05) is 26.0 Å². The molecule has 32 heavy (non-hydrogen) atoms. The Morgan fingerprint density at radius 3 is 2.81 bits per heavy atom. The first kappa shape index (κ1) is 24.4. The van der Waals surface area contributed by atoms with Gasteiger partial charge in [0.1, 0.15) is 15.8 Å². The van der Waals surface area contributed by atoms with Crippen molar-refractivity contribution in [3.8, 4) is 0 Å². The number of unbranched alkanes of at least 4 members (excludes halogenated alkanes) is 2. The fourth-order valence-corrected chi connectivity index (χ4v) is 4.74. The summed E-state index contributed by atoms with van der Waals surface area (Å²) in [6, 6.07) is 3.74. The second-order valence-corrected chi connectivity index (χ2v) is 9.26. The van der Waals surface area contributed by atoms with Crippen molar-refractivity contribution in [1.29, 1.82) is 0 Å². The summed E-state index contributed by atoms with van der Waals surface area (Å²) >= 11 is 6.67. The summed E-state index contributed by atoms with van der Waals surface area (Å²) in [5.74, 6) is 0.323. The van der Waals surface area contributed by atoms with Crippen LogP contribution in [0.3, 0.4) is 0 Å². The van der Waals surface area contributed by atoms with Crippen LogP contribution < -0.4 is 10.9 Å². The van der Waals surface area contributed by atoms with E-state index in [-0.39, 0.29) is 11.5 Å². The van der Waals surface area contributed by atoms with E-state index in [1.54, 1.807) is 17.2 Å². The number of thioether (sulfide) groups is 1. The van der Waals surface area contributed by atoms with E-state index in [1.165, 1.54) is 16.2 Å². The van der Waals surface area contributed by atoms with Gasteiger partial charge in [-0.3, -0.25) is 18.9 Å². The molecule has 9 heteroatoms. The van der Waals surface area contributed by atoms with Crippen molar-refractivity contribution < 1.29 is 9.53 Å². The number of aryl methyl sites for hydroxylation is 1. The molecule has 0 aliphatic carbocycles. The lowest BCUT2D eigenvalue weighted by Gasteiger charge is -2.14. The molecule has 1 saturated heterocycles. The normalized spacial score (nSPS) is 15.3. The minimum absolute atomic E-state index is 0.146. The number of carbonyl (C=O) groups excluding carboxylic acids is 1. The smallest absolute Gasteiger partial charge is 0.267 e. The van der Waals surface area contributed by atoms with Gasteiger partial charge in [0.05, 0.1) is 10.5 Å². The van der Waals surface area contributed by atoms with Gasteiger partial charge in [-0.05, 0) is 44.4 Å². The van der Waals surface area contributed by atoms with Gasteiger partial charge >= 0.3 is 0 Å². The highest BCUT2D eigenvalue weighted by Crippen LogP contribution is 2.33. The summed E-state index contributed by atoms with van der Waals surface area (Å²) in [6.07, 6.45) is 7.13. The Kier molecular flexibility index (Phi) is 8.84. The number of hydrogen-bond donors (Lipinski definition) is 1. The number of nitrogens with zero attached hydrogens (tertiary/aromatic N) is 3. The predicted octanol–water partition coefficient (Wildman–Crippen LogP) is 4.23. The quantitative estimate of drug-likeness (QED) is 0.297. The molecule has 1 aliphatic heterocycles. The molecule has 2 aromatic rings. The summed E-state index contributed by atoms with van der Waals surface area (Å²) in [4.78, 5) is 33.1. The number of ether oxygens (including phenoxy) is 1. The Labute approximate surface area is 198 Å². The molecule has 3 rings (SSSR count). The Hall–Kier alpha value is -2.23. The van der Waals surface area contributed by atoms with Crippen LogP contribution in [0.1, 0.15) is 50.7 Å². The number of carbonyl (C=O) groups is 1. The third-order valence-electron chi connectivity index (χ3n) is 5.18. The molecule has 2 aromatic heterocycles. The fraction of sp³-hybridized carbons (Fsp3) is 0.478. The van der Waals surface area contributed by atoms with Crippen molar-refractivity contribution in [2.45, 2.75) is 46.5 Å². The zero-order valence-electron chi connectivity index (χ0n) is 18.8. The molecule has 3 heterocycles. The Morgan fingerprint density at radius 2 is 2.06 bits per heavy atom. The molecule has 0 aromatic carbocycles. The fourth-order valence-electron chi connectivity index (χ4n) is 3.45. The molecule has 0 bridgehead atoms. The van der Waals surface area contributed by atoms with Crippen LogP contribution in [0.25, 0.3) is 11.7 Å². The van der Waals surface area contributed by atoms with Crippen LogP contribution in [0.2, 0.25) is 0 Å². The van der Waals surface area contributed by atoms with E-state index in [2.05, 4.69) is 12.2 Å². The number of fused-ring (bicyclic) bond motifs is 1. The summed E-state index contributed by atoms with van der Waals surface area (Å²) in [5.41, 5.74) is 1.63. The van der Waals surface area contributed by atoms with E-state index in [4.69, 9.17) is 21.9 Å². The van der Waals surface area contributed by atoms with Gasteiger partial charge in [-0.25, -0.2) is 4.98 Å². The molecule has 1 fully saturated rings. The highest BCUT2D eigenvalue weighted by molar-refractivity contribution is 8.26. The van der Waals surface area contributed by atoms with Crippen molar-refractivity contribution >= 4 is 51.7 Å². The Morgan fingerprint density at radius 1 is 1.25 bits per heavy atom. The zero-order chi connectivity index (χ0) is 23.1. The second-order valence-electron chi connectivity index (χ2n) is 7.58. The molecular weight excluding hydrogens is 444 g/mol. The lowest BCUT2D eigenvalue weighted by molar-refractivity contribution is -0.122. The van der Waals surface area contributed by atoms with Crippen molar-refractivity contribution in [2.24, 2.45) is 0 Å². The lowest BCUT2D eigenvalue weighted by atomic mass is 10.2. The number of hydrogen-bond acceptors (Lipinski definition) is 7. The minimum atomic E-state index is -0.220. The summed E-state index contributed by atoms with van der Waals surface area (Å²) < 4.78 is 7.45. The first-order valence-corrected chi connectivity index (χ1v) is 12.3. The van der Waals surface area contributed by atoms with Crippen LogP contribution in [0.4, 0.5) is 5.82 Å². The molecule has 0 spiro atoms. The van der Waals surface area contributed by atoms with Gasteiger partial charge in [-0.1, -0.05) is 49.8 Å². The second kappa shape index (κ2) is 11.6. The van der Waals surface area contributed by atoms with Crippen LogP contribution in [0.15, 0.2) is 28.0 Å². The number of thiocarbonyl (C=S) groups is 1. The van der Waals surface area contributed by atoms with Gasteiger partial charge in [0.15, 0.2) is 0 Å². The zero-order valence-corrected chi connectivity index (χ0v) is 20.5. The number of anilines is 1. The molecule has 172 valence electrons. The number of amides is 1. The third-order valence-corrected chi connectivity index (χ3v) is 6.56. The van der Waals surface area contributed by atoms with Gasteiger partial charge in [-0.15, -0.1) is 0 Å². The average molecular weight is 475 g/mol. The molecule has 0 unspecified atom stereocenters. The van der Waals surface area contributed by atoms with Crippen molar-refractivity contribution in [2.75, 3.05) is 31.6 Å². The van der Waals surface area contributed by atoms with Crippen LogP contribution in [-0.4, -0.2) is 50.8 Å². The maximum Gasteiger partial charge on any atom is 0.267 e. The SMILES string of the molecule is CCCCCN1C(=O)/C(=C/c2c(NCCCOCC)nc3c(C)cccn3c2=O)SC1=S. The molecule has 0 saturated carbocycles. The predicted molar refractivity (Wildman–Crippen MR) is 135 cm³/mol. The van der Waals surface area contributed by atoms with E-state index in [0.717, 1.165) is 31.2 Å². The largest absolute Gasteiger partial charge is 0.382 e. The van der Waals surface area contributed by atoms with Crippen molar-refractivity contribution in [1.82, 2.24) is 14.3 Å². The Bertz CT molecular complexity index is 1080. The standard InChI is InChI=1S/C23H30N4O3S2/c1-4-6-7-12-27-22(29)18(32-23(27)31)15-17-19(24-11-9-14-30-5-2)25-20-16(3)10-8-13-26(20)21(17)28/h8,10,13,15,24H,4-7,9,11-12,14H2,1-3H3/b18-15-. The highest BCUT2D eigenvalue weighted by atomic mass is 32.2. The average Bonchev–Trinajstić information content (AvgIpc) is 3.04. The van der Waals surface area contributed by atoms with E-state index < -0.39 is 0 Å². The van der Waals surface area contributed by atoms with Crippen LogP contribution >= 0.6 is 24.0 Å². The minimum Gasteiger partial charge on any atom is -0.382 e. The monoisotopic (exact) mass is 474 g/mol. The lowest BCUT2D eigenvalue weighted by Crippen LogP contribution is -2.29. The van der Waals surface area contributed by atoms with Crippen LogP contribution in [-0.2, 0) is 9.53 Å². The molecule has 0 atom stereocenters.